The predicted octanol–water partition coefficient (Wildman–Crippen LogP) is 2.97. The van der Waals surface area contributed by atoms with Crippen LogP contribution < -0.4 is 5.32 Å². The number of anilines is 1. The summed E-state index contributed by atoms with van der Waals surface area (Å²) in [4.78, 5) is 22.7. The van der Waals surface area contributed by atoms with Crippen molar-refractivity contribution in [3.05, 3.63) is 26.8 Å². The van der Waals surface area contributed by atoms with Crippen molar-refractivity contribution in [2.75, 3.05) is 5.32 Å². The largest absolute Gasteiger partial charge is 0.478 e. The number of halogens is 1. The Morgan fingerprint density at radius 3 is 2.82 bits per heavy atom. The molecule has 0 saturated heterocycles. The Hall–Kier alpha value is -0.980. The molecular formula is C10H8ClNO3S2. The summed E-state index contributed by atoms with van der Waals surface area (Å²) in [5.74, 6) is -1.26. The van der Waals surface area contributed by atoms with E-state index in [4.69, 9.17) is 16.7 Å². The van der Waals surface area contributed by atoms with E-state index in [2.05, 4.69) is 5.32 Å². The van der Waals surface area contributed by atoms with Crippen molar-refractivity contribution in [1.29, 1.82) is 0 Å². The van der Waals surface area contributed by atoms with E-state index < -0.39 is 5.97 Å². The Morgan fingerprint density at radius 1 is 1.47 bits per heavy atom. The smallest absolute Gasteiger partial charge is 0.338 e. The second-order valence-electron chi connectivity index (χ2n) is 3.34. The number of hydrogen-bond acceptors (Lipinski definition) is 4. The number of carboxylic acids is 1. The maximum atomic E-state index is 11.8. The molecule has 1 atom stereocenters. The molecule has 0 spiro atoms. The van der Waals surface area contributed by atoms with E-state index in [0.717, 1.165) is 0 Å². The zero-order chi connectivity index (χ0) is 12.4. The summed E-state index contributed by atoms with van der Waals surface area (Å²) in [5.41, 5.74) is 0.460. The quantitative estimate of drug-likeness (QED) is 0.898. The molecule has 1 aliphatic heterocycles. The van der Waals surface area contributed by atoms with Crippen molar-refractivity contribution in [2.24, 2.45) is 0 Å². The molecule has 7 heteroatoms. The van der Waals surface area contributed by atoms with Gasteiger partial charge in [0.05, 0.1) is 20.9 Å². The molecule has 0 bridgehead atoms. The van der Waals surface area contributed by atoms with E-state index >= 15 is 0 Å². The number of rotatable bonds is 3. The average molecular weight is 290 g/mol. The second-order valence-corrected chi connectivity index (χ2v) is 5.96. The van der Waals surface area contributed by atoms with E-state index in [1.54, 1.807) is 11.5 Å². The molecule has 0 radical (unpaired) electrons. The number of aromatic carboxylic acids is 1. The molecule has 1 aromatic rings. The minimum Gasteiger partial charge on any atom is -0.478 e. The van der Waals surface area contributed by atoms with E-state index in [9.17, 15) is 9.59 Å². The second kappa shape index (κ2) is 5.12. The summed E-state index contributed by atoms with van der Waals surface area (Å²) in [6.07, 6.45) is 2.35. The van der Waals surface area contributed by atoms with E-state index in [0.29, 0.717) is 16.5 Å². The van der Waals surface area contributed by atoms with Gasteiger partial charge in [-0.2, -0.15) is 0 Å². The lowest BCUT2D eigenvalue weighted by molar-refractivity contribution is -0.115. The molecule has 2 heterocycles. The van der Waals surface area contributed by atoms with Gasteiger partial charge in [0.1, 0.15) is 0 Å². The third kappa shape index (κ3) is 2.83. The van der Waals surface area contributed by atoms with Gasteiger partial charge in [-0.3, -0.25) is 4.79 Å². The first-order valence-corrected chi connectivity index (χ1v) is 6.90. The van der Waals surface area contributed by atoms with Crippen LogP contribution in [0.4, 0.5) is 5.69 Å². The van der Waals surface area contributed by atoms with Gasteiger partial charge >= 0.3 is 5.97 Å². The van der Waals surface area contributed by atoms with E-state index in [1.165, 1.54) is 28.5 Å². The number of carboxylic acid groups (broad SMARTS) is 1. The lowest BCUT2D eigenvalue weighted by Crippen LogP contribution is -2.23. The monoisotopic (exact) mass is 289 g/mol. The lowest BCUT2D eigenvalue weighted by Gasteiger charge is -2.09. The highest BCUT2D eigenvalue weighted by atomic mass is 35.5. The first kappa shape index (κ1) is 12.5. The molecule has 1 aliphatic rings. The fourth-order valence-electron chi connectivity index (χ4n) is 1.37. The summed E-state index contributed by atoms with van der Waals surface area (Å²) < 4.78 is 0.605. The average Bonchev–Trinajstić information content (AvgIpc) is 2.86. The van der Waals surface area contributed by atoms with Crippen LogP contribution in [0.3, 0.4) is 0 Å². The number of allylic oxidation sites excluding steroid dienone is 1. The van der Waals surface area contributed by atoms with Crippen molar-refractivity contribution in [3.8, 4) is 0 Å². The number of hydrogen-bond donors (Lipinski definition) is 2. The minimum atomic E-state index is -1.04. The zero-order valence-electron chi connectivity index (χ0n) is 8.47. The third-order valence-electron chi connectivity index (χ3n) is 2.19. The molecular weight excluding hydrogens is 282 g/mol. The van der Waals surface area contributed by atoms with Crippen LogP contribution >= 0.6 is 34.7 Å². The van der Waals surface area contributed by atoms with Crippen LogP contribution in [0.15, 0.2) is 21.2 Å². The fraction of sp³-hybridized carbons (Fsp3) is 0.200. The van der Waals surface area contributed by atoms with Crippen LogP contribution in [0.1, 0.15) is 16.8 Å². The highest BCUT2D eigenvalue weighted by Gasteiger charge is 2.25. The summed E-state index contributed by atoms with van der Waals surface area (Å²) in [5, 5.41) is 14.3. The first-order valence-electron chi connectivity index (χ1n) is 4.70. The molecule has 2 rings (SSSR count). The molecule has 17 heavy (non-hydrogen) atoms. The highest BCUT2D eigenvalue weighted by molar-refractivity contribution is 8.06. The van der Waals surface area contributed by atoms with Crippen LogP contribution in [0.25, 0.3) is 0 Å². The van der Waals surface area contributed by atoms with Crippen molar-refractivity contribution in [3.63, 3.8) is 0 Å². The van der Waals surface area contributed by atoms with Gasteiger partial charge < -0.3 is 10.4 Å². The normalized spacial score (nSPS) is 18.9. The molecule has 0 fully saturated rings. The van der Waals surface area contributed by atoms with Gasteiger partial charge in [0.2, 0.25) is 5.91 Å². The first-order chi connectivity index (χ1) is 8.08. The molecule has 4 nitrogen and oxygen atoms in total. The number of amides is 1. The van der Waals surface area contributed by atoms with Gasteiger partial charge in [-0.15, -0.1) is 23.1 Å². The van der Waals surface area contributed by atoms with Crippen LogP contribution in [0.5, 0.6) is 0 Å². The van der Waals surface area contributed by atoms with Gasteiger partial charge in [0, 0.05) is 10.8 Å². The van der Waals surface area contributed by atoms with Gasteiger partial charge in [-0.25, -0.2) is 4.79 Å². The molecule has 0 aromatic carbocycles. The van der Waals surface area contributed by atoms with Crippen LogP contribution in [-0.2, 0) is 4.79 Å². The van der Waals surface area contributed by atoms with Crippen LogP contribution in [0.2, 0.25) is 0 Å². The van der Waals surface area contributed by atoms with Gasteiger partial charge in [0.15, 0.2) is 0 Å². The number of carbonyl (C=O) groups excluding carboxylic acids is 1. The summed E-state index contributed by atoms with van der Waals surface area (Å²) in [6.45, 7) is 0. The summed E-state index contributed by atoms with van der Waals surface area (Å²) in [6, 6.07) is 0. The number of thioether (sulfide) groups is 1. The molecule has 2 N–H and O–H groups in total. The maximum absolute atomic E-state index is 11.8. The SMILES string of the molecule is O=C(O)c1cscc1NC(=O)C1CC=C(Cl)S1. The molecule has 1 amide bonds. The van der Waals surface area contributed by atoms with Crippen molar-refractivity contribution in [2.45, 2.75) is 11.7 Å². The summed E-state index contributed by atoms with van der Waals surface area (Å²) in [7, 11) is 0. The lowest BCUT2D eigenvalue weighted by atomic mass is 10.2. The third-order valence-corrected chi connectivity index (χ3v) is 4.44. The zero-order valence-corrected chi connectivity index (χ0v) is 10.9. The number of thiophene rings is 1. The highest BCUT2D eigenvalue weighted by Crippen LogP contribution is 2.35. The molecule has 1 unspecified atom stereocenters. The van der Waals surface area contributed by atoms with Gasteiger partial charge in [-0.1, -0.05) is 17.7 Å². The maximum Gasteiger partial charge on any atom is 0.338 e. The van der Waals surface area contributed by atoms with Crippen molar-refractivity contribution < 1.29 is 14.7 Å². The fourth-order valence-corrected chi connectivity index (χ4v) is 3.35. The van der Waals surface area contributed by atoms with Gasteiger partial charge in [-0.05, 0) is 6.42 Å². The number of nitrogens with one attached hydrogen (secondary N) is 1. The summed E-state index contributed by atoms with van der Waals surface area (Å²) >= 11 is 8.28. The Morgan fingerprint density at radius 2 is 2.24 bits per heavy atom. The molecule has 0 saturated carbocycles. The van der Waals surface area contributed by atoms with Crippen molar-refractivity contribution in [1.82, 2.24) is 0 Å². The number of carbonyl (C=O) groups is 2. The molecule has 90 valence electrons. The molecule has 0 aliphatic carbocycles. The van der Waals surface area contributed by atoms with Gasteiger partial charge in [0.25, 0.3) is 0 Å². The Labute approximate surface area is 111 Å². The van der Waals surface area contributed by atoms with Crippen LogP contribution in [0, 0.1) is 0 Å². The predicted molar refractivity (Wildman–Crippen MR) is 69.8 cm³/mol. The van der Waals surface area contributed by atoms with E-state index in [1.807, 2.05) is 0 Å². The topological polar surface area (TPSA) is 66.4 Å². The Kier molecular flexibility index (Phi) is 3.76. The van der Waals surface area contributed by atoms with Crippen molar-refractivity contribution >= 4 is 52.3 Å². The Balaban J connectivity index is 2.04. The van der Waals surface area contributed by atoms with Crippen LogP contribution in [-0.4, -0.2) is 22.2 Å². The Bertz CT molecular complexity index is 497. The standard InChI is InChI=1S/C10H8ClNO3S2/c11-8-2-1-7(17-8)9(13)12-6-4-16-3-5(6)10(14)15/h2-4,7H,1H2,(H,12,13)(H,14,15). The minimum absolute atomic E-state index is 0.116. The molecule has 1 aromatic heterocycles. The van der Waals surface area contributed by atoms with E-state index in [-0.39, 0.29) is 16.7 Å².